The molecule has 0 aliphatic carbocycles. The topological polar surface area (TPSA) is 88.2 Å². The van der Waals surface area contributed by atoms with E-state index in [0.29, 0.717) is 11.9 Å². The number of methoxy groups -OCH3 is 1. The molecule has 0 radical (unpaired) electrons. The number of alkyl halides is 3. The van der Waals surface area contributed by atoms with Crippen molar-refractivity contribution in [3.8, 4) is 0 Å². The van der Waals surface area contributed by atoms with Gasteiger partial charge in [0.05, 0.1) is 24.7 Å². The van der Waals surface area contributed by atoms with E-state index in [1.165, 1.54) is 13.4 Å². The van der Waals surface area contributed by atoms with E-state index in [-0.39, 0.29) is 17.3 Å². The number of halogens is 3. The fourth-order valence-electron chi connectivity index (χ4n) is 2.52. The number of hydrogen-bond donors (Lipinski definition) is 3. The average molecular weight is 447 g/mol. The van der Waals surface area contributed by atoms with Gasteiger partial charge in [0, 0.05) is 11.9 Å². The zero-order valence-corrected chi connectivity index (χ0v) is 18.1. The molecule has 32 heavy (non-hydrogen) atoms. The molecule has 0 saturated heterocycles. The molecule has 1 amide bonds. The zero-order valence-electron chi connectivity index (χ0n) is 18.1. The lowest BCUT2D eigenvalue weighted by molar-refractivity contribution is -0.137. The Hall–Kier alpha value is -3.82. The van der Waals surface area contributed by atoms with Gasteiger partial charge in [-0.25, -0.2) is 4.98 Å². The van der Waals surface area contributed by atoms with Gasteiger partial charge < -0.3 is 20.7 Å². The predicted octanol–water partition coefficient (Wildman–Crippen LogP) is 5.54. The summed E-state index contributed by atoms with van der Waals surface area (Å²) in [6.07, 6.45) is 0.0716. The lowest BCUT2D eigenvalue weighted by Gasteiger charge is -2.17. The Labute approximate surface area is 184 Å². The average Bonchev–Trinajstić information content (AvgIpc) is 2.72. The van der Waals surface area contributed by atoms with Crippen LogP contribution in [0, 0.1) is 6.92 Å². The Kier molecular flexibility index (Phi) is 8.00. The summed E-state index contributed by atoms with van der Waals surface area (Å²) in [5, 5.41) is 8.13. The largest absolute Gasteiger partial charge is 0.504 e. The maximum atomic E-state index is 13.6. The van der Waals surface area contributed by atoms with Crippen molar-refractivity contribution in [2.45, 2.75) is 26.9 Å². The van der Waals surface area contributed by atoms with Crippen LogP contribution in [-0.2, 0) is 15.7 Å². The second-order valence-corrected chi connectivity index (χ2v) is 6.90. The van der Waals surface area contributed by atoms with Crippen molar-refractivity contribution in [1.29, 1.82) is 0 Å². The molecule has 0 unspecified atom stereocenters. The third kappa shape index (κ3) is 6.59. The number of aryl methyl sites for hydroxylation is 1. The van der Waals surface area contributed by atoms with Gasteiger partial charge in [-0.1, -0.05) is 18.2 Å². The Bertz CT molecular complexity index is 1060. The molecule has 1 aromatic heterocycles. The highest BCUT2D eigenvalue weighted by Gasteiger charge is 2.35. The minimum absolute atomic E-state index is 0.0544. The second-order valence-electron chi connectivity index (χ2n) is 6.90. The van der Waals surface area contributed by atoms with Crippen LogP contribution in [-0.4, -0.2) is 23.0 Å². The molecule has 10 heteroatoms. The maximum absolute atomic E-state index is 13.6. The molecular weight excluding hydrogens is 423 g/mol. The highest BCUT2D eigenvalue weighted by molar-refractivity contribution is 6.01. The molecule has 0 saturated carbocycles. The van der Waals surface area contributed by atoms with Gasteiger partial charge in [0.15, 0.2) is 0 Å². The van der Waals surface area contributed by atoms with Gasteiger partial charge >= 0.3 is 6.18 Å². The van der Waals surface area contributed by atoms with Crippen molar-refractivity contribution in [2.24, 2.45) is 0 Å². The molecule has 1 aromatic carbocycles. The minimum Gasteiger partial charge on any atom is -0.504 e. The van der Waals surface area contributed by atoms with E-state index < -0.39 is 23.5 Å². The number of amides is 1. The van der Waals surface area contributed by atoms with E-state index in [1.807, 2.05) is 13.8 Å². The Morgan fingerprint density at radius 2 is 1.91 bits per heavy atom. The first-order chi connectivity index (χ1) is 15.0. The van der Waals surface area contributed by atoms with Crippen LogP contribution < -0.4 is 16.0 Å². The number of nitrogens with zero attached hydrogens (tertiary/aromatic N) is 2. The van der Waals surface area contributed by atoms with E-state index in [0.717, 1.165) is 17.2 Å². The third-order valence-electron chi connectivity index (χ3n) is 4.12. The standard InChI is InChI=1S/C22H24F3N5O2/c1-6-19(31)27-18-11-14(4)7-8-17(18)28-20-15(22(23,24)25)12-26-21(30-20)29-16(13(2)3)9-10-32-5/h6-12H,1H2,2-5H3,(H,27,31)(H2,26,28,29,30)/b10-9+. The Morgan fingerprint density at radius 3 is 2.50 bits per heavy atom. The quantitative estimate of drug-likeness (QED) is 0.280. The fraction of sp³-hybridized carbons (Fsp3) is 0.227. The van der Waals surface area contributed by atoms with E-state index >= 15 is 0 Å². The van der Waals surface area contributed by atoms with Crippen molar-refractivity contribution in [2.75, 3.05) is 23.1 Å². The summed E-state index contributed by atoms with van der Waals surface area (Å²) in [5.41, 5.74) is 1.65. The minimum atomic E-state index is -4.70. The normalized spacial score (nSPS) is 11.1. The van der Waals surface area contributed by atoms with Crippen LogP contribution in [0.2, 0.25) is 0 Å². The molecule has 1 heterocycles. The van der Waals surface area contributed by atoms with Crippen LogP contribution >= 0.6 is 0 Å². The number of rotatable bonds is 8. The van der Waals surface area contributed by atoms with Gasteiger partial charge in [-0.2, -0.15) is 18.2 Å². The second kappa shape index (κ2) is 10.5. The Balaban J connectivity index is 2.51. The summed E-state index contributed by atoms with van der Waals surface area (Å²) >= 11 is 0. The smallest absolute Gasteiger partial charge is 0.421 e. The number of ether oxygens (including phenoxy) is 1. The maximum Gasteiger partial charge on any atom is 0.421 e. The summed E-state index contributed by atoms with van der Waals surface area (Å²) in [6.45, 7) is 8.80. The molecule has 0 fully saturated rings. The van der Waals surface area contributed by atoms with Crippen molar-refractivity contribution in [3.63, 3.8) is 0 Å². The van der Waals surface area contributed by atoms with Crippen LogP contribution in [0.3, 0.4) is 0 Å². The lowest BCUT2D eigenvalue weighted by atomic mass is 10.1. The molecular formula is C22H24F3N5O2. The van der Waals surface area contributed by atoms with Gasteiger partial charge in [-0.15, -0.1) is 0 Å². The summed E-state index contributed by atoms with van der Waals surface area (Å²) in [4.78, 5) is 19.6. The summed E-state index contributed by atoms with van der Waals surface area (Å²) in [5.74, 6) is -1.03. The Morgan fingerprint density at radius 1 is 1.19 bits per heavy atom. The van der Waals surface area contributed by atoms with Crippen molar-refractivity contribution < 1.29 is 22.7 Å². The number of carbonyl (C=O) groups excluding carboxylic acids is 1. The molecule has 0 bridgehead atoms. The lowest BCUT2D eigenvalue weighted by Crippen LogP contribution is -2.15. The molecule has 170 valence electrons. The van der Waals surface area contributed by atoms with E-state index in [9.17, 15) is 18.0 Å². The molecule has 0 atom stereocenters. The molecule has 2 aromatic rings. The first-order valence-electron chi connectivity index (χ1n) is 9.44. The fourth-order valence-corrected chi connectivity index (χ4v) is 2.52. The van der Waals surface area contributed by atoms with Gasteiger partial charge in [0.25, 0.3) is 0 Å². The van der Waals surface area contributed by atoms with Crippen molar-refractivity contribution >= 4 is 29.0 Å². The third-order valence-corrected chi connectivity index (χ3v) is 4.12. The summed E-state index contributed by atoms with van der Waals surface area (Å²) < 4.78 is 45.7. The molecule has 2 rings (SSSR count). The molecule has 0 spiro atoms. The van der Waals surface area contributed by atoms with Gasteiger partial charge in [0.2, 0.25) is 11.9 Å². The number of nitrogens with one attached hydrogen (secondary N) is 3. The summed E-state index contributed by atoms with van der Waals surface area (Å²) in [7, 11) is 1.47. The first kappa shape index (κ1) is 24.4. The van der Waals surface area contributed by atoms with E-state index in [2.05, 4.69) is 32.5 Å². The van der Waals surface area contributed by atoms with Crippen molar-refractivity contribution in [3.05, 3.63) is 71.8 Å². The van der Waals surface area contributed by atoms with Gasteiger partial charge in [-0.3, -0.25) is 4.79 Å². The molecule has 0 aliphatic heterocycles. The van der Waals surface area contributed by atoms with E-state index in [4.69, 9.17) is 4.74 Å². The number of aromatic nitrogens is 2. The summed E-state index contributed by atoms with van der Waals surface area (Å²) in [6, 6.07) is 4.86. The molecule has 3 N–H and O–H groups in total. The predicted molar refractivity (Wildman–Crippen MR) is 118 cm³/mol. The van der Waals surface area contributed by atoms with E-state index in [1.54, 1.807) is 31.2 Å². The van der Waals surface area contributed by atoms with Crippen LogP contribution in [0.4, 0.5) is 36.3 Å². The number of allylic oxidation sites excluding steroid dienone is 2. The van der Waals surface area contributed by atoms with Crippen LogP contribution in [0.25, 0.3) is 0 Å². The highest BCUT2D eigenvalue weighted by Crippen LogP contribution is 2.36. The van der Waals surface area contributed by atoms with Crippen LogP contribution in [0.5, 0.6) is 0 Å². The highest BCUT2D eigenvalue weighted by atomic mass is 19.4. The SMILES string of the molecule is C=CC(=O)Nc1cc(C)ccc1Nc1nc(NC(/C=C/OC)=C(C)C)ncc1C(F)(F)F. The molecule has 0 aliphatic rings. The van der Waals surface area contributed by atoms with Crippen molar-refractivity contribution in [1.82, 2.24) is 9.97 Å². The van der Waals surface area contributed by atoms with Gasteiger partial charge in [0.1, 0.15) is 11.4 Å². The first-order valence-corrected chi connectivity index (χ1v) is 9.44. The van der Waals surface area contributed by atoms with Crippen LogP contribution in [0.15, 0.2) is 60.7 Å². The number of carbonyl (C=O) groups is 1. The zero-order chi connectivity index (χ0) is 23.9. The number of anilines is 4. The molecule has 7 nitrogen and oxygen atoms in total. The number of benzene rings is 1. The monoisotopic (exact) mass is 447 g/mol. The van der Waals surface area contributed by atoms with Crippen LogP contribution in [0.1, 0.15) is 25.0 Å². The number of hydrogen-bond acceptors (Lipinski definition) is 6. The van der Waals surface area contributed by atoms with Gasteiger partial charge in [-0.05, 0) is 50.6 Å².